The summed E-state index contributed by atoms with van der Waals surface area (Å²) < 4.78 is 1.05. The van der Waals surface area contributed by atoms with Crippen molar-refractivity contribution in [3.63, 3.8) is 0 Å². The van der Waals surface area contributed by atoms with E-state index in [2.05, 4.69) is 4.98 Å². The van der Waals surface area contributed by atoms with Gasteiger partial charge in [0, 0.05) is 4.90 Å². The minimum absolute atomic E-state index is 0.583. The number of aromatic nitrogens is 1. The first-order valence-corrected chi connectivity index (χ1v) is 5.90. The highest BCUT2D eigenvalue weighted by molar-refractivity contribution is 8.01. The van der Waals surface area contributed by atoms with Crippen molar-refractivity contribution in [2.45, 2.75) is 9.10 Å². The summed E-state index contributed by atoms with van der Waals surface area (Å²) in [6.07, 6.45) is 1.76. The zero-order valence-corrected chi connectivity index (χ0v) is 9.49. The van der Waals surface area contributed by atoms with Gasteiger partial charge in [-0.25, -0.2) is 4.98 Å². The Bertz CT molecular complexity index is 442. The van der Waals surface area contributed by atoms with Crippen LogP contribution in [0.5, 0.6) is 0 Å². The van der Waals surface area contributed by atoms with Gasteiger partial charge in [-0.05, 0) is 12.1 Å². The molecule has 2 nitrogen and oxygen atoms in total. The monoisotopic (exact) mass is 242 g/mol. The van der Waals surface area contributed by atoms with Crippen molar-refractivity contribution in [2.75, 3.05) is 5.73 Å². The Morgan fingerprint density at radius 3 is 2.79 bits per heavy atom. The quantitative estimate of drug-likeness (QED) is 0.876. The fourth-order valence-corrected chi connectivity index (χ4v) is 2.95. The zero-order chi connectivity index (χ0) is 9.97. The standard InChI is InChI=1S/C9H7ClN2S2/c10-6-3-1-2-4-7(6)13-8-5-12-9(11)14-8/h1-5H,(H2,11,12). The molecular formula is C9H7ClN2S2. The van der Waals surface area contributed by atoms with Crippen molar-refractivity contribution in [1.82, 2.24) is 4.98 Å². The van der Waals surface area contributed by atoms with Gasteiger partial charge in [0.05, 0.1) is 15.4 Å². The van der Waals surface area contributed by atoms with Crippen LogP contribution in [0.4, 0.5) is 5.13 Å². The van der Waals surface area contributed by atoms with E-state index in [4.69, 9.17) is 17.3 Å². The predicted molar refractivity (Wildman–Crippen MR) is 62.1 cm³/mol. The van der Waals surface area contributed by atoms with Gasteiger partial charge in [0.1, 0.15) is 0 Å². The molecule has 1 aromatic heterocycles. The van der Waals surface area contributed by atoms with E-state index in [1.165, 1.54) is 11.3 Å². The summed E-state index contributed by atoms with van der Waals surface area (Å²) in [5.41, 5.74) is 5.53. The molecule has 5 heteroatoms. The fraction of sp³-hybridized carbons (Fsp3) is 0. The van der Waals surface area contributed by atoms with Crippen molar-refractivity contribution >= 4 is 39.8 Å². The van der Waals surface area contributed by atoms with Gasteiger partial charge in [-0.2, -0.15) is 0 Å². The van der Waals surface area contributed by atoms with E-state index in [0.29, 0.717) is 5.13 Å². The van der Waals surface area contributed by atoms with Crippen molar-refractivity contribution in [3.05, 3.63) is 35.5 Å². The molecule has 0 aliphatic carbocycles. The number of rotatable bonds is 2. The maximum Gasteiger partial charge on any atom is 0.181 e. The number of hydrogen-bond acceptors (Lipinski definition) is 4. The van der Waals surface area contributed by atoms with Crippen LogP contribution in [0.3, 0.4) is 0 Å². The maximum absolute atomic E-state index is 6.01. The average Bonchev–Trinajstić information content (AvgIpc) is 2.56. The maximum atomic E-state index is 6.01. The van der Waals surface area contributed by atoms with Crippen LogP contribution in [0.15, 0.2) is 39.6 Å². The average molecular weight is 243 g/mol. The molecule has 2 aromatic rings. The third-order valence-electron chi connectivity index (χ3n) is 1.55. The molecular weight excluding hydrogens is 236 g/mol. The lowest BCUT2D eigenvalue weighted by Crippen LogP contribution is -1.77. The van der Waals surface area contributed by atoms with E-state index in [1.54, 1.807) is 18.0 Å². The van der Waals surface area contributed by atoms with Gasteiger partial charge in [0.15, 0.2) is 5.13 Å². The van der Waals surface area contributed by atoms with Crippen molar-refractivity contribution < 1.29 is 0 Å². The normalized spacial score (nSPS) is 10.4. The van der Waals surface area contributed by atoms with Gasteiger partial charge in [0.25, 0.3) is 0 Å². The summed E-state index contributed by atoms with van der Waals surface area (Å²) in [4.78, 5) is 5.00. The Kier molecular flexibility index (Phi) is 2.96. The van der Waals surface area contributed by atoms with Gasteiger partial charge < -0.3 is 5.73 Å². The lowest BCUT2D eigenvalue weighted by molar-refractivity contribution is 1.37. The molecule has 0 radical (unpaired) electrons. The number of anilines is 1. The zero-order valence-electron chi connectivity index (χ0n) is 7.11. The van der Waals surface area contributed by atoms with Crippen LogP contribution < -0.4 is 5.73 Å². The van der Waals surface area contributed by atoms with Gasteiger partial charge in [-0.15, -0.1) is 0 Å². The number of benzene rings is 1. The number of hydrogen-bond donors (Lipinski definition) is 1. The number of halogens is 1. The predicted octanol–water partition coefficient (Wildman–Crippen LogP) is 3.53. The summed E-state index contributed by atoms with van der Waals surface area (Å²) >= 11 is 9.05. The first-order chi connectivity index (χ1) is 6.75. The molecule has 2 N–H and O–H groups in total. The number of nitrogens with zero attached hydrogens (tertiary/aromatic N) is 1. The molecule has 14 heavy (non-hydrogen) atoms. The Labute approximate surface area is 95.1 Å². The highest BCUT2D eigenvalue weighted by Crippen LogP contribution is 2.36. The molecule has 0 atom stereocenters. The van der Waals surface area contributed by atoms with Gasteiger partial charge in [-0.3, -0.25) is 0 Å². The number of thiazole rings is 1. The second kappa shape index (κ2) is 4.21. The molecule has 0 aliphatic rings. The summed E-state index contributed by atoms with van der Waals surface area (Å²) in [6.45, 7) is 0. The summed E-state index contributed by atoms with van der Waals surface area (Å²) in [5.74, 6) is 0. The minimum Gasteiger partial charge on any atom is -0.375 e. The van der Waals surface area contributed by atoms with E-state index in [-0.39, 0.29) is 0 Å². The Morgan fingerprint density at radius 2 is 2.14 bits per heavy atom. The van der Waals surface area contributed by atoms with Crippen LogP contribution in [0.25, 0.3) is 0 Å². The molecule has 1 aromatic carbocycles. The molecule has 0 unspecified atom stereocenters. The van der Waals surface area contributed by atoms with Gasteiger partial charge in [0.2, 0.25) is 0 Å². The molecule has 0 saturated heterocycles. The SMILES string of the molecule is Nc1ncc(Sc2ccccc2Cl)s1. The molecule has 2 rings (SSSR count). The third kappa shape index (κ3) is 2.20. The first-order valence-electron chi connectivity index (χ1n) is 3.89. The summed E-state index contributed by atoms with van der Waals surface area (Å²) in [7, 11) is 0. The van der Waals surface area contributed by atoms with E-state index in [0.717, 1.165) is 14.1 Å². The van der Waals surface area contributed by atoms with Crippen LogP contribution in [0.1, 0.15) is 0 Å². The third-order valence-corrected chi connectivity index (χ3v) is 3.99. The highest BCUT2D eigenvalue weighted by atomic mass is 35.5. The molecule has 0 bridgehead atoms. The molecule has 0 aliphatic heterocycles. The van der Waals surface area contributed by atoms with Crippen molar-refractivity contribution in [3.8, 4) is 0 Å². The number of nitrogens with two attached hydrogens (primary N) is 1. The molecule has 0 fully saturated rings. The molecule has 0 saturated carbocycles. The van der Waals surface area contributed by atoms with Crippen LogP contribution >= 0.6 is 34.7 Å². The van der Waals surface area contributed by atoms with E-state index >= 15 is 0 Å². The molecule has 0 amide bonds. The van der Waals surface area contributed by atoms with Gasteiger partial charge >= 0.3 is 0 Å². The molecule has 72 valence electrons. The molecule has 1 heterocycles. The van der Waals surface area contributed by atoms with E-state index in [1.807, 2.05) is 24.3 Å². The van der Waals surface area contributed by atoms with Gasteiger partial charge in [-0.1, -0.05) is 46.8 Å². The molecule has 0 spiro atoms. The lowest BCUT2D eigenvalue weighted by atomic mass is 10.4. The fourth-order valence-electron chi connectivity index (χ4n) is 0.955. The van der Waals surface area contributed by atoms with Crippen molar-refractivity contribution in [2.24, 2.45) is 0 Å². The minimum atomic E-state index is 0.583. The largest absolute Gasteiger partial charge is 0.375 e. The highest BCUT2D eigenvalue weighted by Gasteiger charge is 2.04. The van der Waals surface area contributed by atoms with Crippen LogP contribution in [0, 0.1) is 0 Å². The summed E-state index contributed by atoms with van der Waals surface area (Å²) in [5, 5.41) is 1.34. The second-order valence-corrected chi connectivity index (χ2v) is 5.36. The Balaban J connectivity index is 2.23. The lowest BCUT2D eigenvalue weighted by Gasteiger charge is -1.99. The topological polar surface area (TPSA) is 38.9 Å². The number of nitrogen functional groups attached to an aromatic ring is 1. The Hall–Kier alpha value is -0.710. The van der Waals surface area contributed by atoms with E-state index < -0.39 is 0 Å². The van der Waals surface area contributed by atoms with Crippen LogP contribution in [-0.2, 0) is 0 Å². The Morgan fingerprint density at radius 1 is 1.36 bits per heavy atom. The van der Waals surface area contributed by atoms with Crippen molar-refractivity contribution in [1.29, 1.82) is 0 Å². The smallest absolute Gasteiger partial charge is 0.181 e. The van der Waals surface area contributed by atoms with Crippen LogP contribution in [0.2, 0.25) is 5.02 Å². The summed E-state index contributed by atoms with van der Waals surface area (Å²) in [6, 6.07) is 7.71. The first kappa shape index (κ1) is 9.83. The van der Waals surface area contributed by atoms with Crippen LogP contribution in [-0.4, -0.2) is 4.98 Å². The second-order valence-electron chi connectivity index (χ2n) is 2.55. The van der Waals surface area contributed by atoms with E-state index in [9.17, 15) is 0 Å².